The molecule has 0 amide bonds. The summed E-state index contributed by atoms with van der Waals surface area (Å²) in [6, 6.07) is 6.27. The van der Waals surface area contributed by atoms with E-state index in [1.807, 2.05) is 13.8 Å². The number of nitrogens with one attached hydrogen (secondary N) is 1. The third-order valence-electron chi connectivity index (χ3n) is 2.73. The molecule has 4 nitrogen and oxygen atoms in total. The van der Waals surface area contributed by atoms with Crippen molar-refractivity contribution in [2.24, 2.45) is 0 Å². The Morgan fingerprint density at radius 1 is 1.41 bits per heavy atom. The lowest BCUT2D eigenvalue weighted by molar-refractivity contribution is -0.143. The van der Waals surface area contributed by atoms with Crippen molar-refractivity contribution < 1.29 is 14.6 Å². The maximum Gasteiger partial charge on any atom is 0.327 e. The van der Waals surface area contributed by atoms with Gasteiger partial charge in [-0.2, -0.15) is 0 Å². The Bertz CT molecular complexity index is 361. The molecule has 1 aromatic rings. The Labute approximate surface area is 102 Å². The van der Waals surface area contributed by atoms with Crippen molar-refractivity contribution in [3.05, 3.63) is 29.8 Å². The van der Waals surface area contributed by atoms with Gasteiger partial charge in [0, 0.05) is 6.04 Å². The minimum absolute atomic E-state index is 0.181. The second kappa shape index (κ2) is 6.25. The molecule has 0 aliphatic carbocycles. The van der Waals surface area contributed by atoms with Gasteiger partial charge in [0.15, 0.2) is 0 Å². The largest absolute Gasteiger partial charge is 0.508 e. The highest BCUT2D eigenvalue weighted by molar-refractivity contribution is 5.77. The molecule has 94 valence electrons. The number of carbonyl (C=O) groups is 1. The highest BCUT2D eigenvalue weighted by atomic mass is 16.5. The molecule has 1 rings (SSSR count). The van der Waals surface area contributed by atoms with Crippen LogP contribution in [0.2, 0.25) is 0 Å². The summed E-state index contributed by atoms with van der Waals surface area (Å²) in [4.78, 5) is 11.7. The van der Waals surface area contributed by atoms with Gasteiger partial charge in [-0.05, 0) is 31.0 Å². The van der Waals surface area contributed by atoms with Crippen molar-refractivity contribution in [1.82, 2.24) is 5.32 Å². The zero-order valence-electron chi connectivity index (χ0n) is 10.4. The van der Waals surface area contributed by atoms with Crippen LogP contribution >= 0.6 is 0 Å². The summed E-state index contributed by atoms with van der Waals surface area (Å²) < 4.78 is 4.78. The van der Waals surface area contributed by atoms with Crippen LogP contribution < -0.4 is 5.32 Å². The third-order valence-corrected chi connectivity index (χ3v) is 2.73. The van der Waals surface area contributed by atoms with Crippen LogP contribution in [0.1, 0.15) is 31.9 Å². The fraction of sp³-hybridized carbons (Fsp3) is 0.462. The number of ether oxygens (including phenoxy) is 1. The van der Waals surface area contributed by atoms with Crippen LogP contribution in [0.25, 0.3) is 0 Å². The summed E-state index contributed by atoms with van der Waals surface area (Å²) in [5.41, 5.74) is 0.787. The van der Waals surface area contributed by atoms with E-state index in [2.05, 4.69) is 5.32 Å². The molecule has 0 spiro atoms. The molecule has 0 aliphatic rings. The molecular weight excluding hydrogens is 218 g/mol. The summed E-state index contributed by atoms with van der Waals surface area (Å²) in [5.74, 6) is -0.142. The van der Waals surface area contributed by atoms with Crippen molar-refractivity contribution >= 4 is 5.97 Å². The Morgan fingerprint density at radius 2 is 2.00 bits per heavy atom. The van der Waals surface area contributed by atoms with Gasteiger partial charge in [-0.25, -0.2) is 4.79 Å². The predicted molar refractivity (Wildman–Crippen MR) is 65.8 cm³/mol. The fourth-order valence-electron chi connectivity index (χ4n) is 1.49. The molecule has 2 N–H and O–H groups in total. The second-order valence-corrected chi connectivity index (χ2v) is 4.02. The molecule has 0 aromatic heterocycles. The number of rotatable bonds is 5. The molecule has 0 saturated carbocycles. The average molecular weight is 237 g/mol. The molecule has 0 saturated heterocycles. The summed E-state index contributed by atoms with van der Waals surface area (Å²) in [7, 11) is 1.37. The fourth-order valence-corrected chi connectivity index (χ4v) is 1.49. The van der Waals surface area contributed by atoms with Gasteiger partial charge < -0.3 is 9.84 Å². The first kappa shape index (κ1) is 13.5. The summed E-state index contributed by atoms with van der Waals surface area (Å²) >= 11 is 0. The molecule has 2 unspecified atom stereocenters. The van der Waals surface area contributed by atoms with Crippen LogP contribution in [0.3, 0.4) is 0 Å². The molecule has 0 radical (unpaired) electrons. The number of methoxy groups -OCH3 is 1. The molecule has 2 atom stereocenters. The Morgan fingerprint density at radius 3 is 2.47 bits per heavy atom. The van der Waals surface area contributed by atoms with Crippen molar-refractivity contribution in [3.8, 4) is 5.75 Å². The number of aromatic hydroxyl groups is 1. The summed E-state index contributed by atoms with van der Waals surface area (Å²) in [6.07, 6.45) is 0.922. The first-order valence-corrected chi connectivity index (χ1v) is 5.71. The van der Waals surface area contributed by atoms with Crippen LogP contribution in [0.4, 0.5) is 0 Å². The van der Waals surface area contributed by atoms with Gasteiger partial charge in [-0.3, -0.25) is 5.32 Å². The lowest BCUT2D eigenvalue weighted by Crippen LogP contribution is -2.35. The first-order valence-electron chi connectivity index (χ1n) is 5.71. The predicted octanol–water partition coefficient (Wildman–Crippen LogP) is 1.99. The minimum Gasteiger partial charge on any atom is -0.508 e. The monoisotopic (exact) mass is 237 g/mol. The lowest BCUT2D eigenvalue weighted by atomic mass is 10.1. The molecule has 0 bridgehead atoms. The van der Waals surface area contributed by atoms with Gasteiger partial charge in [0.25, 0.3) is 0 Å². The lowest BCUT2D eigenvalue weighted by Gasteiger charge is -2.20. The number of carbonyl (C=O) groups excluding carboxylic acids is 1. The zero-order valence-corrected chi connectivity index (χ0v) is 10.4. The highest BCUT2D eigenvalue weighted by Gasteiger charge is 2.22. The number of hydrogen-bond donors (Lipinski definition) is 2. The average Bonchev–Trinajstić information content (AvgIpc) is 2.36. The normalized spacial score (nSPS) is 14.1. The molecule has 4 heteroatoms. The minimum atomic E-state index is -0.490. The molecule has 1 aromatic carbocycles. The van der Waals surface area contributed by atoms with E-state index in [-0.39, 0.29) is 17.8 Å². The number of phenolic OH excluding ortho intramolecular Hbond substituents is 1. The molecular formula is C13H19NO3. The third kappa shape index (κ3) is 3.75. The highest BCUT2D eigenvalue weighted by Crippen LogP contribution is 2.19. The van der Waals surface area contributed by atoms with Crippen LogP contribution in [-0.2, 0) is 9.53 Å². The molecule has 0 fully saturated rings. The van der Waals surface area contributed by atoms with Gasteiger partial charge in [-0.1, -0.05) is 19.1 Å². The van der Waals surface area contributed by atoms with E-state index >= 15 is 0 Å². The Hall–Kier alpha value is -1.55. The number of benzene rings is 1. The number of hydrogen-bond acceptors (Lipinski definition) is 4. The molecule has 0 heterocycles. The Balaban J connectivity index is 2.89. The van der Waals surface area contributed by atoms with E-state index in [1.54, 1.807) is 24.3 Å². The van der Waals surface area contributed by atoms with E-state index in [0.29, 0.717) is 0 Å². The van der Waals surface area contributed by atoms with Crippen molar-refractivity contribution in [2.45, 2.75) is 32.4 Å². The van der Waals surface area contributed by atoms with Crippen LogP contribution in [0.5, 0.6) is 5.75 Å². The maximum atomic E-state index is 11.7. The maximum absolute atomic E-state index is 11.7. The van der Waals surface area contributed by atoms with Crippen molar-refractivity contribution in [1.29, 1.82) is 0 Å². The van der Waals surface area contributed by atoms with E-state index < -0.39 is 6.04 Å². The summed E-state index contributed by atoms with van der Waals surface area (Å²) in [6.45, 7) is 4.05. The van der Waals surface area contributed by atoms with E-state index in [9.17, 15) is 9.90 Å². The van der Waals surface area contributed by atoms with Gasteiger partial charge >= 0.3 is 5.97 Å². The van der Waals surface area contributed by atoms with Crippen molar-refractivity contribution in [3.63, 3.8) is 0 Å². The van der Waals surface area contributed by atoms with E-state index in [4.69, 9.17) is 4.74 Å². The van der Waals surface area contributed by atoms with E-state index in [1.165, 1.54) is 7.11 Å². The second-order valence-electron chi connectivity index (χ2n) is 4.02. The van der Waals surface area contributed by atoms with Gasteiger partial charge in [0.05, 0.1) is 7.11 Å². The Kier molecular flexibility index (Phi) is 4.97. The van der Waals surface area contributed by atoms with Gasteiger partial charge in [-0.15, -0.1) is 0 Å². The molecule has 17 heavy (non-hydrogen) atoms. The SMILES string of the molecule is CCC(C)NC(C(=O)OC)c1ccc(O)cc1. The zero-order chi connectivity index (χ0) is 12.8. The number of esters is 1. The number of phenols is 1. The molecule has 0 aliphatic heterocycles. The van der Waals surface area contributed by atoms with Crippen LogP contribution in [0.15, 0.2) is 24.3 Å². The first-order chi connectivity index (χ1) is 8.08. The van der Waals surface area contributed by atoms with Crippen molar-refractivity contribution in [2.75, 3.05) is 7.11 Å². The quantitative estimate of drug-likeness (QED) is 0.769. The van der Waals surface area contributed by atoms with E-state index in [0.717, 1.165) is 12.0 Å². The van der Waals surface area contributed by atoms with Crippen LogP contribution in [-0.4, -0.2) is 24.2 Å². The van der Waals surface area contributed by atoms with Crippen LogP contribution in [0, 0.1) is 0 Å². The van der Waals surface area contributed by atoms with Gasteiger partial charge in [0.1, 0.15) is 11.8 Å². The summed E-state index contributed by atoms with van der Waals surface area (Å²) in [5, 5.41) is 12.4. The smallest absolute Gasteiger partial charge is 0.327 e. The van der Waals surface area contributed by atoms with Gasteiger partial charge in [0.2, 0.25) is 0 Å². The topological polar surface area (TPSA) is 58.6 Å². The standard InChI is InChI=1S/C13H19NO3/c1-4-9(2)14-12(13(16)17-3)10-5-7-11(15)8-6-10/h5-9,12,14-15H,4H2,1-3H3.